The van der Waals surface area contributed by atoms with Gasteiger partial charge in [-0.25, -0.2) is 0 Å². The second-order valence-corrected chi connectivity index (χ2v) is 1.34. The monoisotopic (exact) mass is 131 g/mol. The van der Waals surface area contributed by atoms with Crippen LogP contribution < -0.4 is 5.43 Å². The van der Waals surface area contributed by atoms with Crippen molar-refractivity contribution in [2.45, 2.75) is 0 Å². The molecule has 4 heteroatoms. The Kier molecular flexibility index (Phi) is 1.75. The number of ether oxygens (including phenoxy) is 1. The number of nitrogens with zero attached hydrogens (tertiary/aromatic N) is 2. The topological polar surface area (TPSA) is 35.7 Å². The lowest BCUT2D eigenvalue weighted by Gasteiger charge is -1.92. The van der Waals surface area contributed by atoms with E-state index in [4.69, 9.17) is 16.3 Å². The summed E-state index contributed by atoms with van der Waals surface area (Å²) in [6.45, 7) is 0. The SMILES string of the molecule is ClCOC1=N[N]C=C1. The molecule has 0 spiro atoms. The summed E-state index contributed by atoms with van der Waals surface area (Å²) in [6, 6.07) is 0.124. The lowest BCUT2D eigenvalue weighted by molar-refractivity contribution is 0.378. The van der Waals surface area contributed by atoms with E-state index in [0.29, 0.717) is 5.90 Å². The Balaban J connectivity index is 2.34. The van der Waals surface area contributed by atoms with Gasteiger partial charge in [0.2, 0.25) is 5.90 Å². The fourth-order valence-electron chi connectivity index (χ4n) is 0.354. The van der Waals surface area contributed by atoms with E-state index in [-0.39, 0.29) is 6.07 Å². The highest BCUT2D eigenvalue weighted by atomic mass is 35.5. The van der Waals surface area contributed by atoms with Crippen LogP contribution >= 0.6 is 11.6 Å². The molecule has 1 aliphatic heterocycles. The summed E-state index contributed by atoms with van der Waals surface area (Å²) in [5, 5.41) is 3.55. The van der Waals surface area contributed by atoms with Gasteiger partial charge in [-0.05, 0) is 0 Å². The summed E-state index contributed by atoms with van der Waals surface area (Å²) in [7, 11) is 0. The van der Waals surface area contributed by atoms with Gasteiger partial charge in [-0.15, -0.1) is 5.10 Å². The Morgan fingerprint density at radius 2 is 2.62 bits per heavy atom. The third-order valence-electron chi connectivity index (χ3n) is 0.643. The predicted molar refractivity (Wildman–Crippen MR) is 30.5 cm³/mol. The molecule has 0 atom stereocenters. The molecule has 0 aromatic heterocycles. The summed E-state index contributed by atoms with van der Waals surface area (Å²) >= 11 is 5.20. The van der Waals surface area contributed by atoms with Crippen molar-refractivity contribution < 1.29 is 4.74 Å². The van der Waals surface area contributed by atoms with E-state index in [1.165, 1.54) is 0 Å². The number of hydrogen-bond donors (Lipinski definition) is 0. The highest BCUT2D eigenvalue weighted by Gasteiger charge is 1.97. The van der Waals surface area contributed by atoms with Crippen molar-refractivity contribution in [1.29, 1.82) is 0 Å². The highest BCUT2D eigenvalue weighted by molar-refractivity contribution is 6.17. The molecule has 0 aliphatic carbocycles. The van der Waals surface area contributed by atoms with Crippen LogP contribution in [0.2, 0.25) is 0 Å². The van der Waals surface area contributed by atoms with E-state index in [1.807, 2.05) is 0 Å². The third kappa shape index (κ3) is 1.13. The van der Waals surface area contributed by atoms with E-state index in [2.05, 4.69) is 10.5 Å². The molecule has 0 fully saturated rings. The molecule has 0 unspecified atom stereocenters. The van der Waals surface area contributed by atoms with Crippen LogP contribution in [0.5, 0.6) is 0 Å². The van der Waals surface area contributed by atoms with E-state index in [1.54, 1.807) is 12.3 Å². The number of rotatable bonds is 1. The Morgan fingerprint density at radius 3 is 3.12 bits per heavy atom. The fourth-order valence-corrected chi connectivity index (χ4v) is 0.465. The molecule has 0 aromatic carbocycles. The predicted octanol–water partition coefficient (Wildman–Crippen LogP) is 0.644. The van der Waals surface area contributed by atoms with E-state index >= 15 is 0 Å². The van der Waals surface area contributed by atoms with Crippen molar-refractivity contribution in [3.63, 3.8) is 0 Å². The summed E-state index contributed by atoms with van der Waals surface area (Å²) < 4.78 is 4.74. The van der Waals surface area contributed by atoms with Crippen molar-refractivity contribution in [3.05, 3.63) is 12.3 Å². The van der Waals surface area contributed by atoms with E-state index in [0.717, 1.165) is 0 Å². The molecule has 0 saturated carbocycles. The van der Waals surface area contributed by atoms with Crippen molar-refractivity contribution in [1.82, 2.24) is 5.43 Å². The van der Waals surface area contributed by atoms with Crippen LogP contribution in [0.4, 0.5) is 0 Å². The van der Waals surface area contributed by atoms with Crippen molar-refractivity contribution >= 4 is 17.5 Å². The van der Waals surface area contributed by atoms with Crippen molar-refractivity contribution in [2.75, 3.05) is 6.07 Å². The maximum Gasteiger partial charge on any atom is 0.236 e. The summed E-state index contributed by atoms with van der Waals surface area (Å²) in [5.74, 6) is 0.472. The first-order valence-electron chi connectivity index (χ1n) is 2.06. The minimum Gasteiger partial charge on any atom is -0.460 e. The van der Waals surface area contributed by atoms with Gasteiger partial charge in [0.25, 0.3) is 0 Å². The minimum absolute atomic E-state index is 0.124. The molecule has 0 amide bonds. The minimum atomic E-state index is 0.124. The number of halogens is 1. The van der Waals surface area contributed by atoms with Crippen LogP contribution in [0, 0.1) is 0 Å². The molecule has 0 aromatic rings. The van der Waals surface area contributed by atoms with Crippen LogP contribution in [-0.4, -0.2) is 12.0 Å². The Bertz CT molecular complexity index is 132. The standard InChI is InChI=1S/C4H4ClN2O/c5-3-8-4-1-2-6-7-4/h1-2H,3H2. The average Bonchev–Trinajstić information content (AvgIpc) is 2.19. The summed E-state index contributed by atoms with van der Waals surface area (Å²) in [4.78, 5) is 0. The first-order chi connectivity index (χ1) is 3.93. The van der Waals surface area contributed by atoms with Crippen LogP contribution in [0.1, 0.15) is 0 Å². The van der Waals surface area contributed by atoms with Gasteiger partial charge in [-0.1, -0.05) is 11.6 Å². The van der Waals surface area contributed by atoms with Crippen LogP contribution in [0.25, 0.3) is 0 Å². The van der Waals surface area contributed by atoms with Gasteiger partial charge in [-0.2, -0.15) is 5.43 Å². The van der Waals surface area contributed by atoms with Crippen molar-refractivity contribution in [2.24, 2.45) is 5.10 Å². The second-order valence-electron chi connectivity index (χ2n) is 1.12. The molecule has 1 heterocycles. The zero-order chi connectivity index (χ0) is 5.82. The largest absolute Gasteiger partial charge is 0.460 e. The second kappa shape index (κ2) is 2.57. The van der Waals surface area contributed by atoms with Crippen LogP contribution in [0.3, 0.4) is 0 Å². The zero-order valence-corrected chi connectivity index (χ0v) is 4.80. The maximum atomic E-state index is 5.20. The lowest BCUT2D eigenvalue weighted by Crippen LogP contribution is -1.96. The van der Waals surface area contributed by atoms with E-state index < -0.39 is 0 Å². The molecular weight excluding hydrogens is 128 g/mol. The Morgan fingerprint density at radius 1 is 1.75 bits per heavy atom. The molecule has 0 saturated heterocycles. The Labute approximate surface area is 52.0 Å². The molecule has 1 radical (unpaired) electrons. The number of hydrogen-bond acceptors (Lipinski definition) is 2. The molecule has 3 nitrogen and oxygen atoms in total. The van der Waals surface area contributed by atoms with Gasteiger partial charge in [0.15, 0.2) is 6.07 Å². The lowest BCUT2D eigenvalue weighted by atomic mass is 10.6. The quantitative estimate of drug-likeness (QED) is 0.481. The molecular formula is C4H4ClN2O. The van der Waals surface area contributed by atoms with Gasteiger partial charge in [0.1, 0.15) is 0 Å². The molecule has 1 rings (SSSR count). The third-order valence-corrected chi connectivity index (χ3v) is 0.752. The molecule has 0 N–H and O–H groups in total. The Hall–Kier alpha value is -0.700. The smallest absolute Gasteiger partial charge is 0.236 e. The number of alkyl halides is 1. The fraction of sp³-hybridized carbons (Fsp3) is 0.250. The normalized spacial score (nSPS) is 15.4. The van der Waals surface area contributed by atoms with Gasteiger partial charge in [-0.3, -0.25) is 0 Å². The van der Waals surface area contributed by atoms with Crippen LogP contribution in [0.15, 0.2) is 17.4 Å². The summed E-state index contributed by atoms with van der Waals surface area (Å²) in [5.41, 5.74) is 3.51. The first kappa shape index (κ1) is 5.44. The van der Waals surface area contributed by atoms with E-state index in [9.17, 15) is 0 Å². The van der Waals surface area contributed by atoms with Gasteiger partial charge in [0.05, 0.1) is 6.20 Å². The van der Waals surface area contributed by atoms with Gasteiger partial charge in [0, 0.05) is 6.08 Å². The molecule has 1 aliphatic rings. The highest BCUT2D eigenvalue weighted by Crippen LogP contribution is 1.92. The molecule has 8 heavy (non-hydrogen) atoms. The van der Waals surface area contributed by atoms with Gasteiger partial charge >= 0.3 is 0 Å². The van der Waals surface area contributed by atoms with Crippen molar-refractivity contribution in [3.8, 4) is 0 Å². The summed E-state index contributed by atoms with van der Waals surface area (Å²) in [6.07, 6.45) is 3.18. The maximum absolute atomic E-state index is 5.20. The van der Waals surface area contributed by atoms with Gasteiger partial charge < -0.3 is 4.74 Å². The molecule has 43 valence electrons. The average molecular weight is 132 g/mol. The zero-order valence-electron chi connectivity index (χ0n) is 4.04. The molecule has 0 bridgehead atoms. The van der Waals surface area contributed by atoms with Crippen LogP contribution in [-0.2, 0) is 4.74 Å². The first-order valence-corrected chi connectivity index (χ1v) is 2.60.